The number of hydrogen-bond donors (Lipinski definition) is 1. The Morgan fingerprint density at radius 3 is 1.40 bits per heavy atom. The second kappa shape index (κ2) is 5.32. The van der Waals surface area contributed by atoms with Crippen molar-refractivity contribution in [3.8, 4) is 0 Å². The van der Waals surface area contributed by atoms with Gasteiger partial charge >= 0.3 is 0 Å². The summed E-state index contributed by atoms with van der Waals surface area (Å²) in [4.78, 5) is 0. The van der Waals surface area contributed by atoms with Gasteiger partial charge in [-0.15, -0.1) is 0 Å². The summed E-state index contributed by atoms with van der Waals surface area (Å²) < 4.78 is 0. The highest BCUT2D eigenvalue weighted by molar-refractivity contribution is 5.14. The Balaban J connectivity index is 1.81. The van der Waals surface area contributed by atoms with E-state index in [0.717, 1.165) is 13.1 Å². The molecule has 0 spiro atoms. The average Bonchev–Trinajstić information content (AvgIpc) is 2.32. The normalized spacial score (nSPS) is 10.1. The number of nitrogens with one attached hydrogen (secondary N) is 1. The van der Waals surface area contributed by atoms with Crippen LogP contribution in [0.3, 0.4) is 0 Å². The Morgan fingerprint density at radius 1 is 0.600 bits per heavy atom. The van der Waals surface area contributed by atoms with E-state index in [9.17, 15) is 0 Å². The summed E-state index contributed by atoms with van der Waals surface area (Å²) in [6.45, 7) is 1.85. The fraction of sp³-hybridized carbons (Fsp3) is 0.143. The average molecular weight is 197 g/mol. The van der Waals surface area contributed by atoms with Crippen LogP contribution in [0.15, 0.2) is 60.7 Å². The van der Waals surface area contributed by atoms with E-state index >= 15 is 0 Å². The Hall–Kier alpha value is -1.60. The lowest BCUT2D eigenvalue weighted by Gasteiger charge is -1.97. The molecule has 1 N–H and O–H groups in total. The summed E-state index contributed by atoms with van der Waals surface area (Å²) in [7, 11) is 0. The highest BCUT2D eigenvalue weighted by Crippen LogP contribution is 1.96. The zero-order valence-electron chi connectivity index (χ0n) is 8.69. The van der Waals surface area contributed by atoms with Crippen LogP contribution < -0.4 is 5.32 Å². The summed E-state index contributed by atoms with van der Waals surface area (Å²) in [5.41, 5.74) is 2.65. The molecule has 1 heteroatoms. The van der Waals surface area contributed by atoms with Crippen LogP contribution in [0.25, 0.3) is 0 Å². The minimum Gasteiger partial charge on any atom is -0.174 e. The van der Waals surface area contributed by atoms with E-state index in [1.165, 1.54) is 11.1 Å². The summed E-state index contributed by atoms with van der Waals surface area (Å²) in [6.07, 6.45) is 0. The Kier molecular flexibility index (Phi) is 3.53. The molecular formula is C14H15N+. The van der Waals surface area contributed by atoms with Crippen LogP contribution in [0.5, 0.6) is 0 Å². The van der Waals surface area contributed by atoms with Crippen molar-refractivity contribution in [1.29, 1.82) is 0 Å². The first-order valence-electron chi connectivity index (χ1n) is 5.24. The van der Waals surface area contributed by atoms with Gasteiger partial charge in [0.25, 0.3) is 0 Å². The summed E-state index contributed by atoms with van der Waals surface area (Å²) in [5, 5.41) is 3.42. The first-order valence-corrected chi connectivity index (χ1v) is 5.24. The SMILES string of the molecule is c1ccc(C[NH+]Cc2ccccc2)cc1. The highest BCUT2D eigenvalue weighted by Gasteiger charge is 1.99. The van der Waals surface area contributed by atoms with Crippen LogP contribution in [0.2, 0.25) is 0 Å². The lowest BCUT2D eigenvalue weighted by Crippen LogP contribution is -2.80. The molecular weight excluding hydrogens is 182 g/mol. The van der Waals surface area contributed by atoms with E-state index in [0.29, 0.717) is 0 Å². The van der Waals surface area contributed by atoms with Crippen LogP contribution >= 0.6 is 0 Å². The molecule has 15 heavy (non-hydrogen) atoms. The van der Waals surface area contributed by atoms with Gasteiger partial charge in [-0.3, -0.25) is 0 Å². The third-order valence-corrected chi connectivity index (χ3v) is 2.34. The number of benzene rings is 2. The minimum atomic E-state index is 0.926. The van der Waals surface area contributed by atoms with Gasteiger partial charge in [0.05, 0.1) is 0 Å². The molecule has 0 amide bonds. The maximum atomic E-state index is 3.42. The number of rotatable bonds is 4. The van der Waals surface area contributed by atoms with Gasteiger partial charge in [-0.25, -0.2) is 0 Å². The van der Waals surface area contributed by atoms with E-state index in [1.807, 2.05) is 12.1 Å². The van der Waals surface area contributed by atoms with E-state index in [2.05, 4.69) is 53.8 Å². The molecule has 1 nitrogen and oxygen atoms in total. The molecule has 0 unspecified atom stereocenters. The van der Waals surface area contributed by atoms with Crippen molar-refractivity contribution in [2.24, 2.45) is 0 Å². The largest absolute Gasteiger partial charge is 0.174 e. The maximum Gasteiger partial charge on any atom is 0.146 e. The first kappa shape index (κ1) is 9.94. The quantitative estimate of drug-likeness (QED) is 0.768. The van der Waals surface area contributed by atoms with Crippen molar-refractivity contribution in [3.63, 3.8) is 0 Å². The molecule has 0 aliphatic heterocycles. The van der Waals surface area contributed by atoms with Crippen molar-refractivity contribution < 1.29 is 5.32 Å². The summed E-state index contributed by atoms with van der Waals surface area (Å²) in [6, 6.07) is 20.9. The predicted octanol–water partition coefficient (Wildman–Crippen LogP) is 1.74. The van der Waals surface area contributed by atoms with Gasteiger partial charge < -0.3 is 0 Å². The van der Waals surface area contributed by atoms with Crippen LogP contribution in [0, 0.1) is 0 Å². The molecule has 0 saturated carbocycles. The van der Waals surface area contributed by atoms with Crippen molar-refractivity contribution >= 4 is 0 Å². The van der Waals surface area contributed by atoms with E-state index in [-0.39, 0.29) is 0 Å². The van der Waals surface area contributed by atoms with Gasteiger partial charge in [0.15, 0.2) is 0 Å². The molecule has 75 valence electrons. The van der Waals surface area contributed by atoms with Gasteiger partial charge in [-0.05, 0) is 0 Å². The molecule has 0 heterocycles. The van der Waals surface area contributed by atoms with Crippen molar-refractivity contribution in [3.05, 3.63) is 71.8 Å². The van der Waals surface area contributed by atoms with Gasteiger partial charge in [-0.1, -0.05) is 60.7 Å². The molecule has 0 saturated heterocycles. The predicted molar refractivity (Wildman–Crippen MR) is 61.3 cm³/mol. The van der Waals surface area contributed by atoms with Crippen LogP contribution in [0.1, 0.15) is 11.1 Å². The highest BCUT2D eigenvalue weighted by atomic mass is 14.8. The fourth-order valence-corrected chi connectivity index (χ4v) is 1.54. The Morgan fingerprint density at radius 2 is 1.00 bits per heavy atom. The van der Waals surface area contributed by atoms with Gasteiger partial charge in [0.1, 0.15) is 13.1 Å². The van der Waals surface area contributed by atoms with E-state index in [1.54, 1.807) is 0 Å². The second-order valence-corrected chi connectivity index (χ2v) is 3.57. The molecule has 0 aliphatic carbocycles. The van der Waals surface area contributed by atoms with Crippen molar-refractivity contribution in [2.75, 3.05) is 0 Å². The molecule has 2 aromatic carbocycles. The van der Waals surface area contributed by atoms with E-state index < -0.39 is 0 Å². The lowest BCUT2D eigenvalue weighted by molar-refractivity contribution is -0.686. The summed E-state index contributed by atoms with van der Waals surface area (Å²) in [5.74, 6) is 0. The molecule has 0 bridgehead atoms. The first-order chi connectivity index (χ1) is 7.45. The molecule has 0 aromatic heterocycles. The topological polar surface area (TPSA) is 15.6 Å². The molecule has 2 aromatic rings. The zero-order chi connectivity index (χ0) is 10.3. The molecule has 1 radical (unpaired) electrons. The lowest BCUT2D eigenvalue weighted by atomic mass is 10.2. The van der Waals surface area contributed by atoms with E-state index in [4.69, 9.17) is 0 Å². The van der Waals surface area contributed by atoms with Crippen LogP contribution in [0.4, 0.5) is 0 Å². The Bertz CT molecular complexity index is 341. The van der Waals surface area contributed by atoms with Crippen molar-refractivity contribution in [1.82, 2.24) is 0 Å². The fourth-order valence-electron chi connectivity index (χ4n) is 1.54. The third-order valence-electron chi connectivity index (χ3n) is 2.34. The van der Waals surface area contributed by atoms with Gasteiger partial charge in [-0.2, -0.15) is 5.32 Å². The summed E-state index contributed by atoms with van der Waals surface area (Å²) >= 11 is 0. The number of hydrogen-bond acceptors (Lipinski definition) is 1. The smallest absolute Gasteiger partial charge is 0.146 e. The van der Waals surface area contributed by atoms with Crippen molar-refractivity contribution in [2.45, 2.75) is 13.1 Å². The standard InChI is InChI=1S/C14H15N/c1-3-7-13(8-4-1)11-15-12-14-9-5-2-6-10-14/h1-10,15H,11-12H2/q+1. The Labute approximate surface area is 90.8 Å². The third kappa shape index (κ3) is 3.22. The van der Waals surface area contributed by atoms with Gasteiger partial charge in [0, 0.05) is 11.1 Å². The zero-order valence-corrected chi connectivity index (χ0v) is 8.69. The maximum absolute atomic E-state index is 3.42. The molecule has 0 aliphatic rings. The second-order valence-electron chi connectivity index (χ2n) is 3.57. The molecule has 0 fully saturated rings. The van der Waals surface area contributed by atoms with Gasteiger partial charge in [0.2, 0.25) is 0 Å². The van der Waals surface area contributed by atoms with Crippen LogP contribution in [-0.2, 0) is 13.1 Å². The molecule has 2 rings (SSSR count). The monoisotopic (exact) mass is 197 g/mol. The molecule has 0 atom stereocenters. The minimum absolute atomic E-state index is 0.926. The van der Waals surface area contributed by atoms with Crippen LogP contribution in [-0.4, -0.2) is 0 Å².